The number of thiophene rings is 1. The molecule has 0 fully saturated rings. The molecular formula is C10H10N2OS. The predicted molar refractivity (Wildman–Crippen MR) is 59.4 cm³/mol. The molecule has 0 atom stereocenters. The van der Waals surface area contributed by atoms with Gasteiger partial charge in [-0.3, -0.25) is 5.41 Å². The maximum Gasteiger partial charge on any atom is 0.133 e. The van der Waals surface area contributed by atoms with Crippen molar-refractivity contribution in [3.8, 4) is 5.75 Å². The van der Waals surface area contributed by atoms with Crippen molar-refractivity contribution in [3.63, 3.8) is 0 Å². The van der Waals surface area contributed by atoms with Gasteiger partial charge in [-0.25, -0.2) is 0 Å². The van der Waals surface area contributed by atoms with E-state index in [0.717, 1.165) is 20.7 Å². The van der Waals surface area contributed by atoms with E-state index in [-0.39, 0.29) is 5.84 Å². The molecule has 0 radical (unpaired) electrons. The van der Waals surface area contributed by atoms with Gasteiger partial charge in [0.2, 0.25) is 0 Å². The highest BCUT2D eigenvalue weighted by atomic mass is 32.1. The Morgan fingerprint density at radius 2 is 2.21 bits per heavy atom. The van der Waals surface area contributed by atoms with Crippen LogP contribution < -0.4 is 10.5 Å². The van der Waals surface area contributed by atoms with Gasteiger partial charge in [0.15, 0.2) is 0 Å². The van der Waals surface area contributed by atoms with Gasteiger partial charge < -0.3 is 10.5 Å². The van der Waals surface area contributed by atoms with E-state index < -0.39 is 0 Å². The van der Waals surface area contributed by atoms with Crippen LogP contribution in [0.3, 0.4) is 0 Å². The Morgan fingerprint density at radius 3 is 2.86 bits per heavy atom. The van der Waals surface area contributed by atoms with Crippen LogP contribution in [-0.4, -0.2) is 12.9 Å². The van der Waals surface area contributed by atoms with E-state index >= 15 is 0 Å². The Labute approximate surface area is 85.6 Å². The van der Waals surface area contributed by atoms with Gasteiger partial charge in [0.05, 0.1) is 12.0 Å². The van der Waals surface area contributed by atoms with E-state index in [0.29, 0.717) is 0 Å². The largest absolute Gasteiger partial charge is 0.497 e. The van der Waals surface area contributed by atoms with E-state index in [1.54, 1.807) is 7.11 Å². The number of nitrogens with one attached hydrogen (secondary N) is 1. The summed E-state index contributed by atoms with van der Waals surface area (Å²) in [6.45, 7) is 0. The van der Waals surface area contributed by atoms with Gasteiger partial charge in [0, 0.05) is 4.70 Å². The van der Waals surface area contributed by atoms with Crippen molar-refractivity contribution < 1.29 is 4.74 Å². The number of rotatable bonds is 2. The number of hydrogen-bond acceptors (Lipinski definition) is 3. The summed E-state index contributed by atoms with van der Waals surface area (Å²) in [6, 6.07) is 7.74. The van der Waals surface area contributed by atoms with E-state index in [2.05, 4.69) is 0 Å². The minimum Gasteiger partial charge on any atom is -0.497 e. The lowest BCUT2D eigenvalue weighted by Gasteiger charge is -1.97. The third-order valence-corrected chi connectivity index (χ3v) is 3.12. The second-order valence-corrected chi connectivity index (χ2v) is 4.01. The lowest BCUT2D eigenvalue weighted by Crippen LogP contribution is -2.08. The molecule has 3 N–H and O–H groups in total. The summed E-state index contributed by atoms with van der Waals surface area (Å²) in [5, 5.41) is 8.42. The summed E-state index contributed by atoms with van der Waals surface area (Å²) in [6.07, 6.45) is 0. The summed E-state index contributed by atoms with van der Waals surface area (Å²) < 4.78 is 6.21. The van der Waals surface area contributed by atoms with Crippen molar-refractivity contribution in [2.75, 3.05) is 7.11 Å². The van der Waals surface area contributed by atoms with Crippen molar-refractivity contribution in [2.24, 2.45) is 5.73 Å². The standard InChI is InChI=1S/C10H10N2OS/c1-13-7-3-2-6-4-9(10(11)12)14-8(6)5-7/h2-5H,1H3,(H3,11,12). The van der Waals surface area contributed by atoms with E-state index in [4.69, 9.17) is 15.9 Å². The molecule has 0 saturated carbocycles. The normalized spacial score (nSPS) is 10.4. The molecule has 0 aliphatic rings. The molecule has 2 aromatic rings. The molecule has 0 aliphatic carbocycles. The Hall–Kier alpha value is -1.55. The minimum absolute atomic E-state index is 0.116. The van der Waals surface area contributed by atoms with Crippen LogP contribution in [-0.2, 0) is 0 Å². The number of methoxy groups -OCH3 is 1. The van der Waals surface area contributed by atoms with E-state index in [1.165, 1.54) is 11.3 Å². The average molecular weight is 206 g/mol. The first-order chi connectivity index (χ1) is 6.70. The summed E-state index contributed by atoms with van der Waals surface area (Å²) in [4.78, 5) is 0.799. The highest BCUT2D eigenvalue weighted by Gasteiger charge is 2.04. The average Bonchev–Trinajstić information content (AvgIpc) is 2.59. The van der Waals surface area contributed by atoms with Crippen LogP contribution in [0.2, 0.25) is 0 Å². The molecule has 0 unspecified atom stereocenters. The van der Waals surface area contributed by atoms with Gasteiger partial charge in [-0.05, 0) is 29.7 Å². The highest BCUT2D eigenvalue weighted by molar-refractivity contribution is 7.20. The summed E-state index contributed by atoms with van der Waals surface area (Å²) in [7, 11) is 1.64. The van der Waals surface area contributed by atoms with Crippen molar-refractivity contribution in [1.29, 1.82) is 5.41 Å². The summed E-state index contributed by atoms with van der Waals surface area (Å²) in [5.41, 5.74) is 5.41. The maximum absolute atomic E-state index is 7.32. The van der Waals surface area contributed by atoms with Gasteiger partial charge >= 0.3 is 0 Å². The predicted octanol–water partition coefficient (Wildman–Crippen LogP) is 2.19. The molecule has 0 spiro atoms. The zero-order chi connectivity index (χ0) is 10.1. The van der Waals surface area contributed by atoms with Crippen LogP contribution in [0, 0.1) is 5.41 Å². The molecular weight excluding hydrogens is 196 g/mol. The Morgan fingerprint density at radius 1 is 1.43 bits per heavy atom. The first-order valence-electron chi connectivity index (χ1n) is 4.12. The molecule has 72 valence electrons. The maximum atomic E-state index is 7.32. The lowest BCUT2D eigenvalue weighted by atomic mass is 10.2. The summed E-state index contributed by atoms with van der Waals surface area (Å²) >= 11 is 1.51. The number of fused-ring (bicyclic) bond motifs is 1. The van der Waals surface area contributed by atoms with Crippen LogP contribution in [0.4, 0.5) is 0 Å². The van der Waals surface area contributed by atoms with Crippen LogP contribution in [0.1, 0.15) is 4.88 Å². The number of ether oxygens (including phenoxy) is 1. The quantitative estimate of drug-likeness (QED) is 0.584. The van der Waals surface area contributed by atoms with Crippen LogP contribution >= 0.6 is 11.3 Å². The van der Waals surface area contributed by atoms with Crippen molar-refractivity contribution in [1.82, 2.24) is 0 Å². The monoisotopic (exact) mass is 206 g/mol. The Balaban J connectivity index is 2.60. The van der Waals surface area contributed by atoms with Crippen LogP contribution in [0.25, 0.3) is 10.1 Å². The second kappa shape index (κ2) is 3.31. The molecule has 4 heteroatoms. The third kappa shape index (κ3) is 1.44. The zero-order valence-corrected chi connectivity index (χ0v) is 8.52. The molecule has 1 heterocycles. The number of nitrogens with two attached hydrogens (primary N) is 1. The minimum atomic E-state index is 0.116. The van der Waals surface area contributed by atoms with Gasteiger partial charge in [-0.15, -0.1) is 11.3 Å². The topological polar surface area (TPSA) is 59.1 Å². The SMILES string of the molecule is COc1ccc2cc(C(=N)N)sc2c1. The molecule has 0 saturated heterocycles. The van der Waals surface area contributed by atoms with E-state index in [1.807, 2.05) is 24.3 Å². The Bertz CT molecular complexity index is 490. The lowest BCUT2D eigenvalue weighted by molar-refractivity contribution is 0.415. The highest BCUT2D eigenvalue weighted by Crippen LogP contribution is 2.28. The number of amidine groups is 1. The van der Waals surface area contributed by atoms with Gasteiger partial charge in [-0.2, -0.15) is 0 Å². The fraction of sp³-hybridized carbons (Fsp3) is 0.100. The Kier molecular flexibility index (Phi) is 2.13. The number of nitrogen functional groups attached to an aromatic ring is 1. The third-order valence-electron chi connectivity index (χ3n) is 1.99. The van der Waals surface area contributed by atoms with Crippen molar-refractivity contribution in [2.45, 2.75) is 0 Å². The fourth-order valence-corrected chi connectivity index (χ4v) is 2.22. The molecule has 1 aromatic heterocycles. The molecule has 0 bridgehead atoms. The first-order valence-corrected chi connectivity index (χ1v) is 4.94. The molecule has 1 aromatic carbocycles. The van der Waals surface area contributed by atoms with Crippen molar-refractivity contribution in [3.05, 3.63) is 29.1 Å². The second-order valence-electron chi connectivity index (χ2n) is 2.93. The smallest absolute Gasteiger partial charge is 0.133 e. The summed E-state index contributed by atoms with van der Waals surface area (Å²) in [5.74, 6) is 0.944. The van der Waals surface area contributed by atoms with Gasteiger partial charge in [-0.1, -0.05) is 0 Å². The molecule has 2 rings (SSSR count). The van der Waals surface area contributed by atoms with Crippen LogP contribution in [0.5, 0.6) is 5.75 Å². The first kappa shape index (κ1) is 9.02. The zero-order valence-electron chi connectivity index (χ0n) is 7.70. The van der Waals surface area contributed by atoms with Gasteiger partial charge in [0.1, 0.15) is 11.6 Å². The fourth-order valence-electron chi connectivity index (χ4n) is 1.27. The molecule has 14 heavy (non-hydrogen) atoms. The van der Waals surface area contributed by atoms with Crippen molar-refractivity contribution >= 4 is 27.3 Å². The molecule has 0 amide bonds. The van der Waals surface area contributed by atoms with E-state index in [9.17, 15) is 0 Å². The number of hydrogen-bond donors (Lipinski definition) is 2. The molecule has 0 aliphatic heterocycles. The van der Waals surface area contributed by atoms with Gasteiger partial charge in [0.25, 0.3) is 0 Å². The number of benzene rings is 1. The van der Waals surface area contributed by atoms with Crippen LogP contribution in [0.15, 0.2) is 24.3 Å². The molecule has 3 nitrogen and oxygen atoms in total.